The molecule has 0 aromatic rings. The van der Waals surface area contributed by atoms with Gasteiger partial charge in [0.25, 0.3) is 0 Å². The highest BCUT2D eigenvalue weighted by Gasteiger charge is 2.51. The molecule has 3 N–H and O–H groups in total. The molecule has 7 heteroatoms. The Morgan fingerprint density at radius 2 is 1.90 bits per heavy atom. The van der Waals surface area contributed by atoms with Gasteiger partial charge >= 0.3 is 0 Å². The molecule has 2 saturated heterocycles. The number of hydrogen-bond donors (Lipinski definition) is 3. The van der Waals surface area contributed by atoms with Gasteiger partial charge in [-0.3, -0.25) is 19.8 Å². The van der Waals surface area contributed by atoms with Gasteiger partial charge in [-0.15, -0.1) is 0 Å². The van der Waals surface area contributed by atoms with Crippen molar-refractivity contribution in [2.45, 2.75) is 31.3 Å². The van der Waals surface area contributed by atoms with Gasteiger partial charge in [0.15, 0.2) is 0 Å². The number of aliphatic hydroxyl groups excluding tert-OH is 2. The van der Waals surface area contributed by atoms with E-state index in [2.05, 4.69) is 5.32 Å². The summed E-state index contributed by atoms with van der Waals surface area (Å²) in [5, 5.41) is 21.8. The molecule has 3 rings (SSSR count). The maximum Gasteiger partial charge on any atom is 0.237 e. The number of halogens is 1. The lowest BCUT2D eigenvalue weighted by molar-refractivity contribution is -0.149. The van der Waals surface area contributed by atoms with Gasteiger partial charge in [-0.2, -0.15) is 0 Å². The van der Waals surface area contributed by atoms with Gasteiger partial charge in [-0.05, 0) is 25.0 Å². The molecular formula is C13H15FN2O4. The number of nitrogens with one attached hydrogen (secondary N) is 1. The van der Waals surface area contributed by atoms with Crippen molar-refractivity contribution in [3.63, 3.8) is 0 Å². The molecule has 5 atom stereocenters. The minimum Gasteiger partial charge on any atom is -0.379 e. The van der Waals surface area contributed by atoms with E-state index < -0.39 is 48.0 Å². The fraction of sp³-hybridized carbons (Fsp3) is 0.538. The van der Waals surface area contributed by atoms with Crippen LogP contribution in [-0.2, 0) is 9.59 Å². The van der Waals surface area contributed by atoms with E-state index in [1.165, 1.54) is 12.2 Å². The van der Waals surface area contributed by atoms with Gasteiger partial charge in [-0.25, -0.2) is 4.39 Å². The van der Waals surface area contributed by atoms with Crippen LogP contribution in [0.15, 0.2) is 24.1 Å². The molecule has 5 unspecified atom stereocenters. The number of carbonyl (C=O) groups excluding carboxylic acids is 2. The Balaban J connectivity index is 1.86. The minimum absolute atomic E-state index is 0.308. The Labute approximate surface area is 114 Å². The van der Waals surface area contributed by atoms with Crippen LogP contribution in [0.3, 0.4) is 0 Å². The smallest absolute Gasteiger partial charge is 0.237 e. The number of amides is 2. The van der Waals surface area contributed by atoms with Crippen LogP contribution in [0.1, 0.15) is 12.8 Å². The minimum atomic E-state index is -1.18. The molecule has 3 aliphatic rings. The third kappa shape index (κ3) is 1.98. The van der Waals surface area contributed by atoms with E-state index in [0.717, 1.165) is 11.0 Å². The zero-order valence-corrected chi connectivity index (χ0v) is 10.6. The number of hydrogen-bond acceptors (Lipinski definition) is 5. The summed E-state index contributed by atoms with van der Waals surface area (Å²) in [5.74, 6) is -2.98. The molecule has 2 fully saturated rings. The SMILES string of the molecule is O=C1C2C=CC(F)=CC2C(=O)N1C1CCC(O)NC1O. The summed E-state index contributed by atoms with van der Waals surface area (Å²) in [7, 11) is 0. The molecule has 1 aliphatic carbocycles. The van der Waals surface area contributed by atoms with E-state index in [0.29, 0.717) is 12.8 Å². The summed E-state index contributed by atoms with van der Waals surface area (Å²) in [6.45, 7) is 0. The third-order valence-corrected chi connectivity index (χ3v) is 4.03. The molecule has 0 saturated carbocycles. The lowest BCUT2D eigenvalue weighted by atomic mass is 9.91. The van der Waals surface area contributed by atoms with Crippen LogP contribution in [0.2, 0.25) is 0 Å². The Morgan fingerprint density at radius 3 is 2.60 bits per heavy atom. The average Bonchev–Trinajstić information content (AvgIpc) is 2.63. The van der Waals surface area contributed by atoms with Crippen molar-refractivity contribution in [1.29, 1.82) is 0 Å². The highest BCUT2D eigenvalue weighted by atomic mass is 19.1. The predicted molar refractivity (Wildman–Crippen MR) is 65.3 cm³/mol. The standard InChI is InChI=1S/C13H15FN2O4/c14-6-1-2-7-8(5-6)13(20)16(12(7)19)9-3-4-10(17)15-11(9)18/h1-2,5,7-11,15,17-18H,3-4H2. The topological polar surface area (TPSA) is 89.9 Å². The summed E-state index contributed by atoms with van der Waals surface area (Å²) in [6.07, 6.45) is 2.31. The van der Waals surface area contributed by atoms with E-state index in [1.54, 1.807) is 0 Å². The number of rotatable bonds is 1. The first kappa shape index (κ1) is 13.4. The Bertz CT molecular complexity index is 519. The number of imide groups is 1. The Kier molecular flexibility index (Phi) is 3.19. The van der Waals surface area contributed by atoms with Gasteiger partial charge in [0.05, 0.1) is 17.9 Å². The first-order chi connectivity index (χ1) is 9.49. The number of fused-ring (bicyclic) bond motifs is 1. The molecule has 20 heavy (non-hydrogen) atoms. The molecule has 108 valence electrons. The molecular weight excluding hydrogens is 267 g/mol. The molecule has 0 aromatic carbocycles. The van der Waals surface area contributed by atoms with E-state index in [4.69, 9.17) is 0 Å². The molecule has 6 nitrogen and oxygen atoms in total. The molecule has 0 aromatic heterocycles. The predicted octanol–water partition coefficient (Wildman–Crippen LogP) is -0.600. The summed E-state index contributed by atoms with van der Waals surface area (Å²) in [6, 6.07) is -0.728. The van der Waals surface area contributed by atoms with E-state index in [-0.39, 0.29) is 0 Å². The summed E-state index contributed by atoms with van der Waals surface area (Å²) in [5.41, 5.74) is 0. The van der Waals surface area contributed by atoms with E-state index >= 15 is 0 Å². The van der Waals surface area contributed by atoms with Gasteiger partial charge in [0, 0.05) is 0 Å². The van der Waals surface area contributed by atoms with Crippen molar-refractivity contribution < 1.29 is 24.2 Å². The molecule has 2 aliphatic heterocycles. The number of carbonyl (C=O) groups is 2. The van der Waals surface area contributed by atoms with Gasteiger partial charge < -0.3 is 10.2 Å². The highest BCUT2D eigenvalue weighted by Crippen LogP contribution is 2.36. The average molecular weight is 282 g/mol. The van der Waals surface area contributed by atoms with Crippen molar-refractivity contribution >= 4 is 11.8 Å². The monoisotopic (exact) mass is 282 g/mol. The number of likely N-dealkylation sites (tertiary alicyclic amines) is 1. The molecule has 2 heterocycles. The van der Waals surface area contributed by atoms with E-state index in [9.17, 15) is 24.2 Å². The Morgan fingerprint density at radius 1 is 1.20 bits per heavy atom. The highest BCUT2D eigenvalue weighted by molar-refractivity contribution is 6.07. The largest absolute Gasteiger partial charge is 0.379 e. The summed E-state index contributed by atoms with van der Waals surface area (Å²) >= 11 is 0. The molecule has 0 spiro atoms. The van der Waals surface area contributed by atoms with Gasteiger partial charge in [0.2, 0.25) is 11.8 Å². The lowest BCUT2D eigenvalue weighted by Crippen LogP contribution is -2.58. The van der Waals surface area contributed by atoms with Crippen LogP contribution < -0.4 is 5.32 Å². The first-order valence-electron chi connectivity index (χ1n) is 6.53. The zero-order valence-electron chi connectivity index (χ0n) is 10.6. The van der Waals surface area contributed by atoms with Crippen LogP contribution in [0.5, 0.6) is 0 Å². The maximum absolute atomic E-state index is 13.2. The van der Waals surface area contributed by atoms with Crippen molar-refractivity contribution in [3.05, 3.63) is 24.1 Å². The summed E-state index contributed by atoms with van der Waals surface area (Å²) < 4.78 is 13.2. The molecule has 0 radical (unpaired) electrons. The third-order valence-electron chi connectivity index (χ3n) is 4.03. The van der Waals surface area contributed by atoms with Crippen molar-refractivity contribution in [3.8, 4) is 0 Å². The van der Waals surface area contributed by atoms with Crippen LogP contribution in [0.4, 0.5) is 4.39 Å². The quantitative estimate of drug-likeness (QED) is 0.559. The fourth-order valence-corrected chi connectivity index (χ4v) is 3.01. The van der Waals surface area contributed by atoms with Crippen LogP contribution in [0.25, 0.3) is 0 Å². The lowest BCUT2D eigenvalue weighted by Gasteiger charge is -2.36. The maximum atomic E-state index is 13.2. The first-order valence-corrected chi connectivity index (χ1v) is 6.53. The van der Waals surface area contributed by atoms with Gasteiger partial charge in [-0.1, -0.05) is 6.08 Å². The normalized spacial score (nSPS) is 40.9. The second-order valence-corrected chi connectivity index (χ2v) is 5.28. The number of nitrogens with zero attached hydrogens (tertiary/aromatic N) is 1. The van der Waals surface area contributed by atoms with E-state index in [1.807, 2.05) is 0 Å². The molecule has 0 bridgehead atoms. The van der Waals surface area contributed by atoms with Gasteiger partial charge in [0.1, 0.15) is 18.3 Å². The number of piperidine rings is 1. The second kappa shape index (κ2) is 4.76. The second-order valence-electron chi connectivity index (χ2n) is 5.28. The van der Waals surface area contributed by atoms with Crippen molar-refractivity contribution in [1.82, 2.24) is 10.2 Å². The van der Waals surface area contributed by atoms with Crippen LogP contribution >= 0.6 is 0 Å². The Hall–Kier alpha value is -1.57. The number of aliphatic hydroxyl groups is 2. The van der Waals surface area contributed by atoms with Crippen LogP contribution in [-0.4, -0.2) is 45.4 Å². The molecule has 2 amide bonds. The van der Waals surface area contributed by atoms with Crippen molar-refractivity contribution in [2.24, 2.45) is 11.8 Å². The fourth-order valence-electron chi connectivity index (χ4n) is 3.01. The number of allylic oxidation sites excluding steroid dienone is 2. The zero-order chi connectivity index (χ0) is 14.4. The van der Waals surface area contributed by atoms with Crippen LogP contribution in [0, 0.1) is 11.8 Å². The van der Waals surface area contributed by atoms with Crippen molar-refractivity contribution in [2.75, 3.05) is 0 Å². The summed E-state index contributed by atoms with van der Waals surface area (Å²) in [4.78, 5) is 25.6.